The molecule has 0 aliphatic heterocycles. The predicted octanol–water partition coefficient (Wildman–Crippen LogP) is 1.84. The number of benzene rings is 1. The van der Waals surface area contributed by atoms with E-state index in [1.807, 2.05) is 6.92 Å². The number of aryl methyl sites for hydroxylation is 1. The fourth-order valence-electron chi connectivity index (χ4n) is 1.58. The lowest BCUT2D eigenvalue weighted by Crippen LogP contribution is -2.20. The first kappa shape index (κ1) is 12.0. The molecule has 6 nitrogen and oxygen atoms in total. The summed E-state index contributed by atoms with van der Waals surface area (Å²) >= 11 is 0. The van der Waals surface area contributed by atoms with Gasteiger partial charge < -0.3 is 0 Å². The van der Waals surface area contributed by atoms with Gasteiger partial charge in [-0.25, -0.2) is 4.68 Å². The predicted molar refractivity (Wildman–Crippen MR) is 66.3 cm³/mol. The van der Waals surface area contributed by atoms with Crippen molar-refractivity contribution in [3.63, 3.8) is 0 Å². The number of non-ortho nitro benzene ring substituents is 1. The second-order valence-corrected chi connectivity index (χ2v) is 3.68. The van der Waals surface area contributed by atoms with E-state index in [9.17, 15) is 14.9 Å². The Morgan fingerprint density at radius 1 is 1.22 bits per heavy atom. The van der Waals surface area contributed by atoms with Crippen molar-refractivity contribution in [1.82, 2.24) is 9.78 Å². The number of hydrogen-bond acceptors (Lipinski definition) is 4. The van der Waals surface area contributed by atoms with Crippen molar-refractivity contribution in [2.45, 2.75) is 13.5 Å². The molecule has 0 aliphatic carbocycles. The van der Waals surface area contributed by atoms with Gasteiger partial charge in [-0.2, -0.15) is 5.10 Å². The second-order valence-electron chi connectivity index (χ2n) is 3.68. The monoisotopic (exact) mass is 245 g/mol. The van der Waals surface area contributed by atoms with Gasteiger partial charge in [0.2, 0.25) is 0 Å². The third-order valence-electron chi connectivity index (χ3n) is 2.54. The Hall–Kier alpha value is -2.50. The van der Waals surface area contributed by atoms with E-state index in [-0.39, 0.29) is 11.2 Å². The first-order valence-corrected chi connectivity index (χ1v) is 5.45. The lowest BCUT2D eigenvalue weighted by Gasteiger charge is -2.04. The molecule has 18 heavy (non-hydrogen) atoms. The molecule has 0 fully saturated rings. The van der Waals surface area contributed by atoms with E-state index in [4.69, 9.17) is 0 Å². The number of nitrogens with zero attached hydrogens (tertiary/aromatic N) is 3. The zero-order valence-electron chi connectivity index (χ0n) is 9.74. The molecule has 0 amide bonds. The minimum atomic E-state index is -0.454. The summed E-state index contributed by atoms with van der Waals surface area (Å²) in [6.07, 6.45) is 0. The lowest BCUT2D eigenvalue weighted by atomic mass is 10.1. The molecular weight excluding hydrogens is 234 g/mol. The maximum absolute atomic E-state index is 11.4. The minimum Gasteiger partial charge on any atom is -0.268 e. The third kappa shape index (κ3) is 2.27. The summed E-state index contributed by atoms with van der Waals surface area (Å²) in [4.78, 5) is 21.5. The fraction of sp³-hybridized carbons (Fsp3) is 0.167. The third-order valence-corrected chi connectivity index (χ3v) is 2.54. The maximum Gasteiger partial charge on any atom is 0.269 e. The molecule has 92 valence electrons. The van der Waals surface area contributed by atoms with Crippen LogP contribution in [0.5, 0.6) is 0 Å². The molecule has 2 aromatic rings. The number of nitro benzene ring substituents is 1. The van der Waals surface area contributed by atoms with Gasteiger partial charge in [0.15, 0.2) is 0 Å². The van der Waals surface area contributed by atoms with E-state index >= 15 is 0 Å². The van der Waals surface area contributed by atoms with E-state index in [2.05, 4.69) is 5.10 Å². The Balaban J connectivity index is 2.42. The molecule has 6 heteroatoms. The highest BCUT2D eigenvalue weighted by atomic mass is 16.6. The van der Waals surface area contributed by atoms with Crippen LogP contribution in [0.25, 0.3) is 11.3 Å². The van der Waals surface area contributed by atoms with Gasteiger partial charge in [-0.3, -0.25) is 14.9 Å². The highest BCUT2D eigenvalue weighted by molar-refractivity contribution is 5.60. The molecule has 0 atom stereocenters. The zero-order valence-corrected chi connectivity index (χ0v) is 9.74. The van der Waals surface area contributed by atoms with E-state index < -0.39 is 4.92 Å². The van der Waals surface area contributed by atoms with Crippen LogP contribution in [-0.2, 0) is 6.54 Å². The molecule has 0 saturated heterocycles. The van der Waals surface area contributed by atoms with Gasteiger partial charge in [0.1, 0.15) is 0 Å². The summed E-state index contributed by atoms with van der Waals surface area (Å²) in [7, 11) is 0. The second kappa shape index (κ2) is 4.79. The summed E-state index contributed by atoms with van der Waals surface area (Å²) in [6.45, 7) is 2.31. The average molecular weight is 245 g/mol. The summed E-state index contributed by atoms with van der Waals surface area (Å²) in [6, 6.07) is 9.11. The van der Waals surface area contributed by atoms with Gasteiger partial charge >= 0.3 is 0 Å². The topological polar surface area (TPSA) is 78.0 Å². The molecule has 0 spiro atoms. The summed E-state index contributed by atoms with van der Waals surface area (Å²) in [5, 5.41) is 14.7. The van der Waals surface area contributed by atoms with Crippen molar-refractivity contribution in [2.24, 2.45) is 0 Å². The molecule has 0 unspecified atom stereocenters. The molecular formula is C12H11N3O3. The first-order valence-electron chi connectivity index (χ1n) is 5.45. The summed E-state index contributed by atoms with van der Waals surface area (Å²) in [5.74, 6) is 0. The van der Waals surface area contributed by atoms with Gasteiger partial charge in [0.25, 0.3) is 11.2 Å². The number of rotatable bonds is 3. The number of nitro groups is 1. The smallest absolute Gasteiger partial charge is 0.268 e. The lowest BCUT2D eigenvalue weighted by molar-refractivity contribution is -0.384. The van der Waals surface area contributed by atoms with Gasteiger partial charge in [-0.1, -0.05) is 0 Å². The summed E-state index contributed by atoms with van der Waals surface area (Å²) < 4.78 is 1.34. The molecule has 0 saturated carbocycles. The molecule has 0 radical (unpaired) electrons. The van der Waals surface area contributed by atoms with E-state index in [1.54, 1.807) is 18.2 Å². The van der Waals surface area contributed by atoms with E-state index in [0.717, 1.165) is 5.56 Å². The van der Waals surface area contributed by atoms with E-state index in [1.165, 1.54) is 22.9 Å². The molecule has 1 heterocycles. The van der Waals surface area contributed by atoms with Crippen LogP contribution in [0.3, 0.4) is 0 Å². The fourth-order valence-corrected chi connectivity index (χ4v) is 1.58. The Morgan fingerprint density at radius 3 is 2.44 bits per heavy atom. The zero-order chi connectivity index (χ0) is 13.1. The van der Waals surface area contributed by atoms with Crippen LogP contribution in [-0.4, -0.2) is 14.7 Å². The highest BCUT2D eigenvalue weighted by Crippen LogP contribution is 2.19. The average Bonchev–Trinajstić information content (AvgIpc) is 2.39. The molecule has 0 aliphatic rings. The van der Waals surface area contributed by atoms with Crippen LogP contribution in [0.2, 0.25) is 0 Å². The molecule has 2 rings (SSSR count). The first-order chi connectivity index (χ1) is 8.61. The SMILES string of the molecule is CCn1nc(-c2ccc([N+](=O)[O-])cc2)ccc1=O. The normalized spacial score (nSPS) is 10.3. The van der Waals surface area contributed by atoms with Crippen LogP contribution in [0.15, 0.2) is 41.2 Å². The molecule has 0 N–H and O–H groups in total. The number of hydrogen-bond donors (Lipinski definition) is 0. The van der Waals surface area contributed by atoms with Crippen molar-refractivity contribution in [1.29, 1.82) is 0 Å². The Kier molecular flexibility index (Phi) is 3.18. The van der Waals surface area contributed by atoms with Crippen LogP contribution < -0.4 is 5.56 Å². The van der Waals surface area contributed by atoms with Crippen molar-refractivity contribution in [3.8, 4) is 11.3 Å². The van der Waals surface area contributed by atoms with Crippen LogP contribution in [0, 0.1) is 10.1 Å². The van der Waals surface area contributed by atoms with Crippen molar-refractivity contribution in [2.75, 3.05) is 0 Å². The molecule has 0 bridgehead atoms. The van der Waals surface area contributed by atoms with Gasteiger partial charge in [0, 0.05) is 30.3 Å². The quantitative estimate of drug-likeness (QED) is 0.610. The maximum atomic E-state index is 11.4. The van der Waals surface area contributed by atoms with Crippen LogP contribution in [0.1, 0.15) is 6.92 Å². The largest absolute Gasteiger partial charge is 0.269 e. The summed E-state index contributed by atoms with van der Waals surface area (Å²) in [5.41, 5.74) is 1.22. The van der Waals surface area contributed by atoms with Gasteiger partial charge in [0.05, 0.1) is 10.6 Å². The Bertz CT molecular complexity index is 632. The molecule has 1 aromatic carbocycles. The Morgan fingerprint density at radius 2 is 1.89 bits per heavy atom. The number of aromatic nitrogens is 2. The molecule has 1 aromatic heterocycles. The minimum absolute atomic E-state index is 0.0302. The van der Waals surface area contributed by atoms with Gasteiger partial charge in [-0.05, 0) is 25.1 Å². The Labute approximate surface area is 103 Å². The highest BCUT2D eigenvalue weighted by Gasteiger charge is 2.06. The van der Waals surface area contributed by atoms with Crippen molar-refractivity contribution in [3.05, 3.63) is 56.9 Å². The van der Waals surface area contributed by atoms with Crippen molar-refractivity contribution < 1.29 is 4.92 Å². The van der Waals surface area contributed by atoms with Crippen LogP contribution >= 0.6 is 0 Å². The standard InChI is InChI=1S/C12H11N3O3/c1-2-14-12(16)8-7-11(13-14)9-3-5-10(6-4-9)15(17)18/h3-8H,2H2,1H3. The van der Waals surface area contributed by atoms with Gasteiger partial charge in [-0.15, -0.1) is 0 Å². The van der Waals surface area contributed by atoms with Crippen LogP contribution in [0.4, 0.5) is 5.69 Å². The van der Waals surface area contributed by atoms with E-state index in [0.29, 0.717) is 12.2 Å². The van der Waals surface area contributed by atoms with Crippen molar-refractivity contribution >= 4 is 5.69 Å².